The number of aryl methyl sites for hydroxylation is 2. The molecular weight excluding hydrogens is 228 g/mol. The van der Waals surface area contributed by atoms with Crippen molar-refractivity contribution < 1.29 is 4.74 Å². The van der Waals surface area contributed by atoms with E-state index in [1.807, 2.05) is 17.9 Å². The van der Waals surface area contributed by atoms with Crippen molar-refractivity contribution in [2.45, 2.75) is 50.4 Å². The Morgan fingerprint density at radius 2 is 2.50 bits per heavy atom. The van der Waals surface area contributed by atoms with Crippen molar-refractivity contribution in [1.29, 1.82) is 0 Å². The first-order chi connectivity index (χ1) is 8.76. The van der Waals surface area contributed by atoms with Crippen molar-refractivity contribution in [3.63, 3.8) is 0 Å². The maximum atomic E-state index is 5.91. The van der Waals surface area contributed by atoms with Crippen LogP contribution in [0.1, 0.15) is 31.2 Å². The second-order valence-corrected chi connectivity index (χ2v) is 5.61. The van der Waals surface area contributed by atoms with E-state index in [2.05, 4.69) is 16.7 Å². The molecule has 5 heteroatoms. The molecule has 3 rings (SSSR count). The smallest absolute Gasteiger partial charge is 0.0624 e. The van der Waals surface area contributed by atoms with Crippen LogP contribution < -0.4 is 11.3 Å². The Labute approximate surface area is 108 Å². The molecule has 0 radical (unpaired) electrons. The second-order valence-electron chi connectivity index (χ2n) is 5.61. The van der Waals surface area contributed by atoms with E-state index in [1.54, 1.807) is 0 Å². The van der Waals surface area contributed by atoms with Gasteiger partial charge in [-0.15, -0.1) is 0 Å². The van der Waals surface area contributed by atoms with Crippen molar-refractivity contribution in [3.8, 4) is 0 Å². The third kappa shape index (κ3) is 2.30. The lowest BCUT2D eigenvalue weighted by atomic mass is 9.82. The van der Waals surface area contributed by atoms with Crippen LogP contribution in [0.25, 0.3) is 0 Å². The van der Waals surface area contributed by atoms with E-state index in [9.17, 15) is 0 Å². The highest BCUT2D eigenvalue weighted by molar-refractivity contribution is 5.05. The Hall–Kier alpha value is -0.910. The van der Waals surface area contributed by atoms with Crippen molar-refractivity contribution in [2.24, 2.45) is 18.8 Å². The van der Waals surface area contributed by atoms with Crippen LogP contribution in [-0.2, 0) is 18.2 Å². The molecule has 1 aromatic heterocycles. The van der Waals surface area contributed by atoms with E-state index in [-0.39, 0.29) is 0 Å². The number of aromatic nitrogens is 2. The molecule has 2 fully saturated rings. The fourth-order valence-corrected chi connectivity index (χ4v) is 3.44. The third-order valence-corrected chi connectivity index (χ3v) is 4.39. The standard InChI is InChI=1S/C13H22N4O/c1-17-8-9(7-15-17)2-4-12(16-14)11-6-10-3-5-13(11)18-10/h7-8,10-13,16H,2-6,14H2,1H3. The molecule has 4 atom stereocenters. The van der Waals surface area contributed by atoms with Gasteiger partial charge in [0, 0.05) is 25.2 Å². The summed E-state index contributed by atoms with van der Waals surface area (Å²) in [6, 6.07) is 0.362. The first-order valence-corrected chi connectivity index (χ1v) is 6.85. The Bertz CT molecular complexity index is 405. The molecule has 0 aromatic carbocycles. The lowest BCUT2D eigenvalue weighted by molar-refractivity contribution is 0.0850. The summed E-state index contributed by atoms with van der Waals surface area (Å²) in [5, 5.41) is 4.20. The lowest BCUT2D eigenvalue weighted by Crippen LogP contribution is -2.44. The molecule has 2 bridgehead atoms. The summed E-state index contributed by atoms with van der Waals surface area (Å²) in [7, 11) is 1.95. The average molecular weight is 250 g/mol. The van der Waals surface area contributed by atoms with Crippen LogP contribution in [0.3, 0.4) is 0 Å². The maximum Gasteiger partial charge on any atom is 0.0624 e. The molecule has 0 spiro atoms. The van der Waals surface area contributed by atoms with Crippen LogP contribution in [0.2, 0.25) is 0 Å². The molecule has 2 aliphatic rings. The molecule has 3 heterocycles. The molecule has 0 amide bonds. The van der Waals surface area contributed by atoms with Crippen LogP contribution in [0.4, 0.5) is 0 Å². The molecule has 2 aliphatic heterocycles. The number of nitrogens with zero attached hydrogens (tertiary/aromatic N) is 2. The van der Waals surface area contributed by atoms with Gasteiger partial charge in [0.2, 0.25) is 0 Å². The quantitative estimate of drug-likeness (QED) is 0.598. The minimum atomic E-state index is 0.362. The third-order valence-electron chi connectivity index (χ3n) is 4.39. The summed E-state index contributed by atoms with van der Waals surface area (Å²) < 4.78 is 7.76. The van der Waals surface area contributed by atoms with E-state index in [1.165, 1.54) is 24.8 Å². The number of nitrogens with one attached hydrogen (secondary N) is 1. The Morgan fingerprint density at radius 3 is 3.06 bits per heavy atom. The summed E-state index contributed by atoms with van der Waals surface area (Å²) in [5.74, 6) is 6.32. The van der Waals surface area contributed by atoms with Gasteiger partial charge >= 0.3 is 0 Å². The lowest BCUT2D eigenvalue weighted by Gasteiger charge is -2.27. The van der Waals surface area contributed by atoms with Crippen LogP contribution in [-0.4, -0.2) is 28.0 Å². The number of fused-ring (bicyclic) bond motifs is 2. The highest BCUT2D eigenvalue weighted by Gasteiger charge is 2.43. The zero-order valence-electron chi connectivity index (χ0n) is 10.9. The molecule has 5 nitrogen and oxygen atoms in total. The number of nitrogens with two attached hydrogens (primary N) is 1. The van der Waals surface area contributed by atoms with Gasteiger partial charge in [0.1, 0.15) is 0 Å². The van der Waals surface area contributed by atoms with Gasteiger partial charge in [-0.1, -0.05) is 0 Å². The van der Waals surface area contributed by atoms with E-state index >= 15 is 0 Å². The van der Waals surface area contributed by atoms with Crippen molar-refractivity contribution >= 4 is 0 Å². The fraction of sp³-hybridized carbons (Fsp3) is 0.769. The number of hydrazine groups is 1. The number of rotatable bonds is 5. The van der Waals surface area contributed by atoms with Gasteiger partial charge in [-0.3, -0.25) is 16.0 Å². The first-order valence-electron chi connectivity index (χ1n) is 6.85. The minimum Gasteiger partial charge on any atom is -0.375 e. The predicted molar refractivity (Wildman–Crippen MR) is 68.6 cm³/mol. The van der Waals surface area contributed by atoms with E-state index in [0.717, 1.165) is 12.8 Å². The largest absolute Gasteiger partial charge is 0.375 e. The molecule has 18 heavy (non-hydrogen) atoms. The van der Waals surface area contributed by atoms with E-state index in [4.69, 9.17) is 10.6 Å². The monoisotopic (exact) mass is 250 g/mol. The summed E-state index contributed by atoms with van der Waals surface area (Å²) in [6.07, 6.45) is 10.6. The van der Waals surface area contributed by atoms with Crippen LogP contribution >= 0.6 is 0 Å². The summed E-state index contributed by atoms with van der Waals surface area (Å²) in [4.78, 5) is 0. The van der Waals surface area contributed by atoms with Gasteiger partial charge in [-0.05, 0) is 37.7 Å². The number of hydrogen-bond acceptors (Lipinski definition) is 4. The van der Waals surface area contributed by atoms with Gasteiger partial charge in [-0.25, -0.2) is 0 Å². The Balaban J connectivity index is 1.56. The summed E-state index contributed by atoms with van der Waals surface area (Å²) >= 11 is 0. The average Bonchev–Trinajstić information content (AvgIpc) is 3.06. The zero-order valence-corrected chi connectivity index (χ0v) is 10.9. The molecular formula is C13H22N4O. The van der Waals surface area contributed by atoms with Gasteiger partial charge in [-0.2, -0.15) is 5.10 Å². The first kappa shape index (κ1) is 12.1. The van der Waals surface area contributed by atoms with E-state index in [0.29, 0.717) is 24.2 Å². The van der Waals surface area contributed by atoms with Gasteiger partial charge in [0.05, 0.1) is 18.4 Å². The zero-order chi connectivity index (χ0) is 12.5. The summed E-state index contributed by atoms with van der Waals surface area (Å²) in [6.45, 7) is 0. The Morgan fingerprint density at radius 1 is 1.61 bits per heavy atom. The topological polar surface area (TPSA) is 65.1 Å². The molecule has 1 aromatic rings. The van der Waals surface area contributed by atoms with E-state index < -0.39 is 0 Å². The number of hydrogen-bond donors (Lipinski definition) is 2. The molecule has 3 N–H and O–H groups in total. The van der Waals surface area contributed by atoms with Crippen molar-refractivity contribution in [1.82, 2.24) is 15.2 Å². The van der Waals surface area contributed by atoms with Crippen LogP contribution in [0, 0.1) is 5.92 Å². The van der Waals surface area contributed by atoms with Gasteiger partial charge in [0.15, 0.2) is 0 Å². The normalized spacial score (nSPS) is 32.0. The molecule has 4 unspecified atom stereocenters. The van der Waals surface area contributed by atoms with Crippen molar-refractivity contribution in [2.75, 3.05) is 0 Å². The SMILES string of the molecule is Cn1cc(CCC(NN)C2CC3CCC2O3)cn1. The second kappa shape index (κ2) is 4.99. The van der Waals surface area contributed by atoms with Gasteiger partial charge < -0.3 is 4.74 Å². The highest BCUT2D eigenvalue weighted by Crippen LogP contribution is 2.41. The van der Waals surface area contributed by atoms with Crippen molar-refractivity contribution in [3.05, 3.63) is 18.0 Å². The molecule has 0 aliphatic carbocycles. The maximum absolute atomic E-state index is 5.91. The van der Waals surface area contributed by atoms with Gasteiger partial charge in [0.25, 0.3) is 0 Å². The summed E-state index contributed by atoms with van der Waals surface area (Å²) in [5.41, 5.74) is 4.28. The number of ether oxygens (including phenoxy) is 1. The fourth-order valence-electron chi connectivity index (χ4n) is 3.44. The predicted octanol–water partition coefficient (Wildman–Crippen LogP) is 0.752. The van der Waals surface area contributed by atoms with Crippen LogP contribution in [0.15, 0.2) is 12.4 Å². The Kier molecular flexibility index (Phi) is 3.37. The minimum absolute atomic E-state index is 0.362. The molecule has 2 saturated heterocycles. The molecule has 0 saturated carbocycles. The van der Waals surface area contributed by atoms with Crippen LogP contribution in [0.5, 0.6) is 0 Å². The highest BCUT2D eigenvalue weighted by atomic mass is 16.5. The molecule has 100 valence electrons.